The summed E-state index contributed by atoms with van der Waals surface area (Å²) in [5.74, 6) is 0. The van der Waals surface area contributed by atoms with E-state index in [4.69, 9.17) is 4.43 Å². The van der Waals surface area contributed by atoms with E-state index in [1.54, 1.807) is 0 Å². The molecule has 0 saturated carbocycles. The molecule has 0 amide bonds. The van der Waals surface area contributed by atoms with Gasteiger partial charge in [0.05, 0.1) is 0 Å². The summed E-state index contributed by atoms with van der Waals surface area (Å²) in [6.45, 7) is 8.53. The molecule has 0 aromatic heterocycles. The average molecular weight is 161 g/mol. The van der Waals surface area contributed by atoms with Gasteiger partial charge in [0.1, 0.15) is 0 Å². The monoisotopic (exact) mass is 161 g/mol. The minimum atomic E-state index is -1.29. The predicted molar refractivity (Wildman–Crippen MR) is 47.8 cm³/mol. The maximum absolute atomic E-state index is 5.63. The van der Waals surface area contributed by atoms with Crippen LogP contribution in [-0.2, 0) is 4.43 Å². The summed E-state index contributed by atoms with van der Waals surface area (Å²) in [7, 11) is 0.696. The molecular formula is C7H19NOSi. The fourth-order valence-electron chi connectivity index (χ4n) is 0.889. The van der Waals surface area contributed by atoms with E-state index in [0.717, 1.165) is 13.2 Å². The third kappa shape index (κ3) is 4.96. The Labute approximate surface area is 65.1 Å². The molecule has 0 aromatic rings. The molecule has 10 heavy (non-hydrogen) atoms. The predicted octanol–water partition coefficient (Wildman–Crippen LogP) is 1.45. The smallest absolute Gasteiger partial charge is 0.187 e. The molecular weight excluding hydrogens is 142 g/mol. The maximum atomic E-state index is 5.63. The van der Waals surface area contributed by atoms with E-state index in [1.807, 2.05) is 7.05 Å². The summed E-state index contributed by atoms with van der Waals surface area (Å²) >= 11 is 0. The first-order chi connectivity index (χ1) is 4.62. The van der Waals surface area contributed by atoms with Crippen molar-refractivity contribution in [1.29, 1.82) is 0 Å². The van der Waals surface area contributed by atoms with Crippen LogP contribution in [0.15, 0.2) is 0 Å². The SMILES string of the molecule is CCO[Si](C)(C)CCNC. The van der Waals surface area contributed by atoms with Crippen molar-refractivity contribution in [3.8, 4) is 0 Å². The Hall–Kier alpha value is 0.137. The van der Waals surface area contributed by atoms with Gasteiger partial charge in [-0.05, 0) is 39.7 Å². The van der Waals surface area contributed by atoms with Crippen LogP contribution in [0.1, 0.15) is 6.92 Å². The van der Waals surface area contributed by atoms with Crippen LogP contribution in [0.2, 0.25) is 19.1 Å². The van der Waals surface area contributed by atoms with Gasteiger partial charge in [0.15, 0.2) is 8.32 Å². The fourth-order valence-corrected chi connectivity index (χ4v) is 2.67. The first-order valence-corrected chi connectivity index (χ1v) is 7.02. The van der Waals surface area contributed by atoms with Crippen molar-refractivity contribution >= 4 is 8.32 Å². The summed E-state index contributed by atoms with van der Waals surface area (Å²) in [6.07, 6.45) is 0. The van der Waals surface area contributed by atoms with Crippen LogP contribution in [-0.4, -0.2) is 28.5 Å². The third-order valence-electron chi connectivity index (χ3n) is 1.51. The average Bonchev–Trinajstić information content (AvgIpc) is 1.84. The Morgan fingerprint density at radius 2 is 2.00 bits per heavy atom. The van der Waals surface area contributed by atoms with Crippen LogP contribution in [0.25, 0.3) is 0 Å². The highest BCUT2D eigenvalue weighted by Gasteiger charge is 2.19. The van der Waals surface area contributed by atoms with Crippen LogP contribution in [0.5, 0.6) is 0 Å². The molecule has 0 aliphatic heterocycles. The summed E-state index contributed by atoms with van der Waals surface area (Å²) in [6, 6.07) is 1.21. The molecule has 0 bridgehead atoms. The number of hydrogen-bond acceptors (Lipinski definition) is 2. The lowest BCUT2D eigenvalue weighted by Crippen LogP contribution is -2.33. The molecule has 0 rings (SSSR count). The first-order valence-electron chi connectivity index (χ1n) is 3.91. The minimum absolute atomic E-state index is 0.864. The fraction of sp³-hybridized carbons (Fsp3) is 1.00. The molecule has 0 spiro atoms. The molecule has 0 aliphatic carbocycles. The summed E-state index contributed by atoms with van der Waals surface area (Å²) in [4.78, 5) is 0. The van der Waals surface area contributed by atoms with E-state index >= 15 is 0 Å². The third-order valence-corrected chi connectivity index (χ3v) is 4.04. The summed E-state index contributed by atoms with van der Waals surface area (Å²) in [5, 5.41) is 3.14. The number of hydrogen-bond donors (Lipinski definition) is 1. The lowest BCUT2D eigenvalue weighted by atomic mass is 10.8. The zero-order valence-corrected chi connectivity index (χ0v) is 8.53. The van der Waals surface area contributed by atoms with Gasteiger partial charge in [-0.25, -0.2) is 0 Å². The van der Waals surface area contributed by atoms with Crippen molar-refractivity contribution in [2.75, 3.05) is 20.2 Å². The molecule has 0 atom stereocenters. The van der Waals surface area contributed by atoms with Gasteiger partial charge < -0.3 is 9.74 Å². The number of nitrogens with one attached hydrogen (secondary N) is 1. The zero-order chi connectivity index (χ0) is 8.04. The Kier molecular flexibility index (Phi) is 4.94. The summed E-state index contributed by atoms with van der Waals surface area (Å²) < 4.78 is 5.63. The topological polar surface area (TPSA) is 21.3 Å². The molecule has 3 heteroatoms. The lowest BCUT2D eigenvalue weighted by Gasteiger charge is -2.21. The van der Waals surface area contributed by atoms with Gasteiger partial charge in [-0.15, -0.1) is 0 Å². The van der Waals surface area contributed by atoms with Crippen molar-refractivity contribution in [2.45, 2.75) is 26.1 Å². The van der Waals surface area contributed by atoms with E-state index in [1.165, 1.54) is 6.04 Å². The second-order valence-corrected chi connectivity index (χ2v) is 7.35. The standard InChI is InChI=1S/C7H19NOSi/c1-5-9-10(3,4)7-6-8-2/h8H,5-7H2,1-4H3. The van der Waals surface area contributed by atoms with Crippen LogP contribution in [0, 0.1) is 0 Å². The molecule has 62 valence electrons. The normalized spacial score (nSPS) is 12.0. The second kappa shape index (κ2) is 4.88. The Balaban J connectivity index is 3.42. The highest BCUT2D eigenvalue weighted by Crippen LogP contribution is 2.08. The molecule has 0 heterocycles. The van der Waals surface area contributed by atoms with Crippen LogP contribution < -0.4 is 5.32 Å². The van der Waals surface area contributed by atoms with E-state index in [-0.39, 0.29) is 0 Å². The first kappa shape index (κ1) is 10.1. The molecule has 0 aromatic carbocycles. The Bertz CT molecular complexity index is 85.7. The second-order valence-electron chi connectivity index (χ2n) is 3.05. The minimum Gasteiger partial charge on any atom is -0.418 e. The van der Waals surface area contributed by atoms with Crippen LogP contribution in [0.3, 0.4) is 0 Å². The van der Waals surface area contributed by atoms with Crippen molar-refractivity contribution in [3.63, 3.8) is 0 Å². The van der Waals surface area contributed by atoms with E-state index < -0.39 is 8.32 Å². The molecule has 0 aliphatic rings. The zero-order valence-electron chi connectivity index (χ0n) is 7.53. The van der Waals surface area contributed by atoms with Gasteiger partial charge in [-0.1, -0.05) is 0 Å². The lowest BCUT2D eigenvalue weighted by molar-refractivity contribution is 0.328. The highest BCUT2D eigenvalue weighted by atomic mass is 28.4. The Morgan fingerprint density at radius 1 is 1.40 bits per heavy atom. The summed E-state index contributed by atoms with van der Waals surface area (Å²) in [5.41, 5.74) is 0. The quantitative estimate of drug-likeness (QED) is 0.616. The van der Waals surface area contributed by atoms with Gasteiger partial charge in [-0.2, -0.15) is 0 Å². The van der Waals surface area contributed by atoms with Crippen molar-refractivity contribution < 1.29 is 4.43 Å². The van der Waals surface area contributed by atoms with Crippen molar-refractivity contribution in [1.82, 2.24) is 5.32 Å². The van der Waals surface area contributed by atoms with Crippen molar-refractivity contribution in [2.24, 2.45) is 0 Å². The van der Waals surface area contributed by atoms with Crippen LogP contribution >= 0.6 is 0 Å². The van der Waals surface area contributed by atoms with Gasteiger partial charge in [-0.3, -0.25) is 0 Å². The number of rotatable bonds is 5. The van der Waals surface area contributed by atoms with Gasteiger partial charge in [0, 0.05) is 6.61 Å². The van der Waals surface area contributed by atoms with E-state index in [0.29, 0.717) is 0 Å². The van der Waals surface area contributed by atoms with E-state index in [2.05, 4.69) is 25.3 Å². The highest BCUT2D eigenvalue weighted by molar-refractivity contribution is 6.71. The van der Waals surface area contributed by atoms with Gasteiger partial charge >= 0.3 is 0 Å². The Morgan fingerprint density at radius 3 is 2.40 bits per heavy atom. The molecule has 0 fully saturated rings. The molecule has 0 radical (unpaired) electrons. The van der Waals surface area contributed by atoms with Gasteiger partial charge in [0.2, 0.25) is 0 Å². The molecule has 2 nitrogen and oxygen atoms in total. The van der Waals surface area contributed by atoms with E-state index in [9.17, 15) is 0 Å². The van der Waals surface area contributed by atoms with Crippen molar-refractivity contribution in [3.05, 3.63) is 0 Å². The maximum Gasteiger partial charge on any atom is 0.187 e. The molecule has 0 unspecified atom stereocenters. The largest absolute Gasteiger partial charge is 0.418 e. The molecule has 1 N–H and O–H groups in total. The molecule has 0 saturated heterocycles. The van der Waals surface area contributed by atoms with Crippen LogP contribution in [0.4, 0.5) is 0 Å². The van der Waals surface area contributed by atoms with Gasteiger partial charge in [0.25, 0.3) is 0 Å².